The number of aromatic nitrogens is 3. The highest BCUT2D eigenvalue weighted by molar-refractivity contribution is 5.77. The predicted molar refractivity (Wildman–Crippen MR) is 113 cm³/mol. The number of hydrogen-bond acceptors (Lipinski definition) is 8. The molecule has 0 aromatic carbocycles. The monoisotopic (exact) mass is 429 g/mol. The van der Waals surface area contributed by atoms with Gasteiger partial charge in [0.1, 0.15) is 13.2 Å². The topological polar surface area (TPSA) is 103 Å². The van der Waals surface area contributed by atoms with E-state index in [2.05, 4.69) is 25.3 Å². The lowest BCUT2D eigenvalue weighted by Crippen LogP contribution is -2.50. The van der Waals surface area contributed by atoms with Crippen LogP contribution in [0, 0.1) is 5.41 Å². The molecule has 4 rings (SSSR count). The van der Waals surface area contributed by atoms with Crippen LogP contribution in [0.15, 0.2) is 29.0 Å². The summed E-state index contributed by atoms with van der Waals surface area (Å²) in [6, 6.07) is 3.61. The molecule has 2 aliphatic heterocycles. The number of rotatable bonds is 9. The van der Waals surface area contributed by atoms with Gasteiger partial charge in [0, 0.05) is 49.7 Å². The number of nitrogens with one attached hydrogen (secondary N) is 1. The van der Waals surface area contributed by atoms with Crippen LogP contribution in [0.1, 0.15) is 38.0 Å². The lowest BCUT2D eigenvalue weighted by atomic mass is 9.79. The molecular formula is C22H31N5O4. The maximum absolute atomic E-state index is 12.4. The molecule has 2 saturated heterocycles. The second kappa shape index (κ2) is 10.8. The van der Waals surface area contributed by atoms with E-state index in [1.807, 2.05) is 0 Å². The van der Waals surface area contributed by atoms with Crippen LogP contribution >= 0.6 is 0 Å². The smallest absolute Gasteiger partial charge is 0.252 e. The Labute approximate surface area is 182 Å². The van der Waals surface area contributed by atoms with Gasteiger partial charge in [0.25, 0.3) is 5.89 Å². The van der Waals surface area contributed by atoms with E-state index in [0.717, 1.165) is 51.3 Å². The third-order valence-electron chi connectivity index (χ3n) is 6.09. The molecule has 0 spiro atoms. The van der Waals surface area contributed by atoms with Crippen LogP contribution in [-0.2, 0) is 20.9 Å². The highest BCUT2D eigenvalue weighted by Gasteiger charge is 2.35. The summed E-state index contributed by atoms with van der Waals surface area (Å²) in [5, 5.41) is 7.02. The van der Waals surface area contributed by atoms with Crippen molar-refractivity contribution in [2.24, 2.45) is 5.41 Å². The summed E-state index contributed by atoms with van der Waals surface area (Å²) in [5.74, 6) is 0.689. The van der Waals surface area contributed by atoms with Gasteiger partial charge in [-0.15, -0.1) is 0 Å². The van der Waals surface area contributed by atoms with Gasteiger partial charge in [-0.2, -0.15) is 4.98 Å². The summed E-state index contributed by atoms with van der Waals surface area (Å²) in [6.45, 7) is 5.58. The number of hydrogen-bond donors (Lipinski definition) is 1. The molecule has 0 bridgehead atoms. The van der Waals surface area contributed by atoms with Crippen molar-refractivity contribution in [3.8, 4) is 11.4 Å². The lowest BCUT2D eigenvalue weighted by molar-refractivity contribution is -0.127. The Bertz CT molecular complexity index is 816. The highest BCUT2D eigenvalue weighted by Crippen LogP contribution is 2.32. The number of amides is 1. The fourth-order valence-corrected chi connectivity index (χ4v) is 4.29. The van der Waals surface area contributed by atoms with Crippen molar-refractivity contribution in [3.63, 3.8) is 0 Å². The second-order valence-electron chi connectivity index (χ2n) is 8.47. The fourth-order valence-electron chi connectivity index (χ4n) is 4.29. The lowest BCUT2D eigenvalue weighted by Gasteiger charge is -2.42. The van der Waals surface area contributed by atoms with Gasteiger partial charge < -0.3 is 24.2 Å². The molecule has 168 valence electrons. The molecule has 2 aromatic rings. The third-order valence-corrected chi connectivity index (χ3v) is 6.09. The van der Waals surface area contributed by atoms with Crippen molar-refractivity contribution in [2.75, 3.05) is 46.0 Å². The molecule has 0 atom stereocenters. The van der Waals surface area contributed by atoms with Crippen molar-refractivity contribution >= 4 is 5.91 Å². The Hall–Kier alpha value is -2.36. The Morgan fingerprint density at radius 3 is 2.71 bits per heavy atom. The normalized spacial score (nSPS) is 19.2. The standard InChI is InChI=1S/C22H31N5O4/c28-19(14-30-15-20-25-21(26-31-20)18-4-8-23-9-5-18)24-16-22(6-12-29-13-7-22)17-27-10-2-1-3-11-27/h4-5,8-9H,1-3,6-7,10-17H2,(H,24,28). The first-order valence-electron chi connectivity index (χ1n) is 11.1. The number of pyridine rings is 1. The van der Waals surface area contributed by atoms with Crippen molar-refractivity contribution in [1.82, 2.24) is 25.3 Å². The van der Waals surface area contributed by atoms with E-state index in [1.165, 1.54) is 19.3 Å². The van der Waals surface area contributed by atoms with Gasteiger partial charge in [-0.1, -0.05) is 11.6 Å². The van der Waals surface area contributed by atoms with Crippen molar-refractivity contribution in [2.45, 2.75) is 38.7 Å². The van der Waals surface area contributed by atoms with Crippen LogP contribution in [0.2, 0.25) is 0 Å². The Morgan fingerprint density at radius 2 is 1.94 bits per heavy atom. The van der Waals surface area contributed by atoms with E-state index in [0.29, 0.717) is 18.3 Å². The summed E-state index contributed by atoms with van der Waals surface area (Å²) in [4.78, 5) is 23.2. The molecule has 4 heterocycles. The van der Waals surface area contributed by atoms with Crippen LogP contribution in [0.3, 0.4) is 0 Å². The average molecular weight is 430 g/mol. The highest BCUT2D eigenvalue weighted by atomic mass is 16.5. The van der Waals surface area contributed by atoms with Gasteiger partial charge in [0.15, 0.2) is 0 Å². The van der Waals surface area contributed by atoms with E-state index >= 15 is 0 Å². The van der Waals surface area contributed by atoms with Gasteiger partial charge in [0.05, 0.1) is 0 Å². The van der Waals surface area contributed by atoms with Gasteiger partial charge >= 0.3 is 0 Å². The third kappa shape index (κ3) is 6.32. The molecule has 1 N–H and O–H groups in total. The minimum atomic E-state index is -0.126. The molecule has 31 heavy (non-hydrogen) atoms. The molecule has 0 saturated carbocycles. The van der Waals surface area contributed by atoms with E-state index in [4.69, 9.17) is 14.0 Å². The van der Waals surface area contributed by atoms with E-state index in [1.54, 1.807) is 24.5 Å². The quantitative estimate of drug-likeness (QED) is 0.646. The van der Waals surface area contributed by atoms with Crippen molar-refractivity contribution < 1.29 is 18.8 Å². The maximum atomic E-state index is 12.4. The van der Waals surface area contributed by atoms with Crippen molar-refractivity contribution in [1.29, 1.82) is 0 Å². The van der Waals surface area contributed by atoms with Crippen LogP contribution < -0.4 is 5.32 Å². The molecular weight excluding hydrogens is 398 g/mol. The van der Waals surface area contributed by atoms with Crippen LogP contribution in [0.5, 0.6) is 0 Å². The molecule has 2 aromatic heterocycles. The second-order valence-corrected chi connectivity index (χ2v) is 8.47. The molecule has 9 heteroatoms. The zero-order valence-corrected chi connectivity index (χ0v) is 17.9. The molecule has 0 radical (unpaired) electrons. The first-order chi connectivity index (χ1) is 15.2. The number of carbonyl (C=O) groups is 1. The van der Waals surface area contributed by atoms with Gasteiger partial charge in [-0.25, -0.2) is 0 Å². The van der Waals surface area contributed by atoms with E-state index in [-0.39, 0.29) is 24.5 Å². The first kappa shape index (κ1) is 21.9. The molecule has 9 nitrogen and oxygen atoms in total. The zero-order valence-electron chi connectivity index (χ0n) is 17.9. The summed E-state index contributed by atoms with van der Waals surface area (Å²) in [6.07, 6.45) is 9.15. The summed E-state index contributed by atoms with van der Waals surface area (Å²) >= 11 is 0. The maximum Gasteiger partial charge on any atom is 0.252 e. The largest absolute Gasteiger partial charge is 0.381 e. The summed E-state index contributed by atoms with van der Waals surface area (Å²) in [7, 11) is 0. The fraction of sp³-hybridized carbons (Fsp3) is 0.636. The predicted octanol–water partition coefficient (Wildman–Crippen LogP) is 2.05. The first-order valence-corrected chi connectivity index (χ1v) is 11.1. The molecule has 1 amide bonds. The Morgan fingerprint density at radius 1 is 1.16 bits per heavy atom. The number of carbonyl (C=O) groups excluding carboxylic acids is 1. The SMILES string of the molecule is O=C(COCc1nc(-c2ccncc2)no1)NCC1(CN2CCCCC2)CCOCC1. The summed E-state index contributed by atoms with van der Waals surface area (Å²) in [5.41, 5.74) is 0.898. The van der Waals surface area contributed by atoms with Crippen LogP contribution in [-0.4, -0.2) is 71.9 Å². The van der Waals surface area contributed by atoms with Crippen LogP contribution in [0.4, 0.5) is 0 Å². The molecule has 2 fully saturated rings. The molecule has 0 aliphatic carbocycles. The number of likely N-dealkylation sites (tertiary alicyclic amines) is 1. The average Bonchev–Trinajstić information content (AvgIpc) is 3.29. The number of nitrogens with zero attached hydrogens (tertiary/aromatic N) is 4. The number of piperidine rings is 1. The summed E-state index contributed by atoms with van der Waals surface area (Å²) < 4.78 is 16.3. The number of ether oxygens (including phenoxy) is 2. The molecule has 0 unspecified atom stereocenters. The van der Waals surface area contributed by atoms with Gasteiger partial charge in [0.2, 0.25) is 11.7 Å². The van der Waals surface area contributed by atoms with Gasteiger partial charge in [-0.3, -0.25) is 9.78 Å². The molecule has 2 aliphatic rings. The van der Waals surface area contributed by atoms with Gasteiger partial charge in [-0.05, 0) is 50.9 Å². The van der Waals surface area contributed by atoms with Crippen LogP contribution in [0.25, 0.3) is 11.4 Å². The minimum Gasteiger partial charge on any atom is -0.381 e. The Balaban J connectivity index is 1.22. The Kier molecular flexibility index (Phi) is 7.61. The zero-order chi connectivity index (χ0) is 21.4. The minimum absolute atomic E-state index is 0.0384. The van der Waals surface area contributed by atoms with E-state index in [9.17, 15) is 4.79 Å². The van der Waals surface area contributed by atoms with E-state index < -0.39 is 0 Å². The van der Waals surface area contributed by atoms with Crippen molar-refractivity contribution in [3.05, 3.63) is 30.4 Å².